The van der Waals surface area contributed by atoms with E-state index in [1.54, 1.807) is 24.3 Å². The summed E-state index contributed by atoms with van der Waals surface area (Å²) in [5.41, 5.74) is 1.41. The third-order valence-corrected chi connectivity index (χ3v) is 3.57. The fourth-order valence-corrected chi connectivity index (χ4v) is 2.47. The zero-order valence-electron chi connectivity index (χ0n) is 11.7. The first-order valence-corrected chi connectivity index (χ1v) is 6.92. The Kier molecular flexibility index (Phi) is 5.93. The van der Waals surface area contributed by atoms with Crippen molar-refractivity contribution in [3.05, 3.63) is 71.8 Å². The van der Waals surface area contributed by atoms with Crippen molar-refractivity contribution in [3.8, 4) is 0 Å². The van der Waals surface area contributed by atoms with Gasteiger partial charge in [0.25, 0.3) is 0 Å². The van der Waals surface area contributed by atoms with Gasteiger partial charge in [0.1, 0.15) is 5.92 Å². The molecule has 114 valence electrons. The minimum absolute atomic E-state index is 0. The first kappa shape index (κ1) is 17.7. The van der Waals surface area contributed by atoms with Crippen LogP contribution in [0.15, 0.2) is 60.7 Å². The molecule has 1 N–H and O–H groups in total. The van der Waals surface area contributed by atoms with Gasteiger partial charge in [0, 0.05) is 0 Å². The summed E-state index contributed by atoms with van der Waals surface area (Å²) >= 11 is 0. The van der Waals surface area contributed by atoms with E-state index in [2.05, 4.69) is 5.32 Å². The van der Waals surface area contributed by atoms with E-state index in [0.29, 0.717) is 5.56 Å². The summed E-state index contributed by atoms with van der Waals surface area (Å²) in [4.78, 5) is 37.7. The number of rotatable bonds is 3. The molecule has 1 atom stereocenters. The van der Waals surface area contributed by atoms with E-state index < -0.39 is 23.8 Å². The molecule has 1 saturated heterocycles. The van der Waals surface area contributed by atoms with Gasteiger partial charge < -0.3 is 0 Å². The summed E-state index contributed by atoms with van der Waals surface area (Å²) in [6.45, 7) is 0.141. The maximum absolute atomic E-state index is 12.6. The molecule has 1 unspecified atom stereocenters. The van der Waals surface area contributed by atoms with Crippen molar-refractivity contribution >= 4 is 55.6 Å². The van der Waals surface area contributed by atoms with E-state index in [1.165, 1.54) is 0 Å². The molecule has 4 amide bonds. The Morgan fingerprint density at radius 1 is 0.870 bits per heavy atom. The van der Waals surface area contributed by atoms with E-state index in [4.69, 9.17) is 0 Å². The predicted molar refractivity (Wildman–Crippen MR) is 88.3 cm³/mol. The van der Waals surface area contributed by atoms with Crippen LogP contribution in [0.1, 0.15) is 17.0 Å². The van der Waals surface area contributed by atoms with Crippen LogP contribution in [0.3, 0.4) is 0 Å². The number of carbonyl (C=O) groups is 3. The molecule has 3 rings (SSSR count). The number of imide groups is 2. The topological polar surface area (TPSA) is 66.5 Å². The van der Waals surface area contributed by atoms with E-state index >= 15 is 0 Å². The van der Waals surface area contributed by atoms with Crippen LogP contribution in [0.4, 0.5) is 4.79 Å². The molecule has 0 spiro atoms. The Bertz CT molecular complexity index is 719. The Morgan fingerprint density at radius 3 is 2.04 bits per heavy atom. The van der Waals surface area contributed by atoms with Gasteiger partial charge in [-0.05, 0) is 11.1 Å². The van der Waals surface area contributed by atoms with Crippen LogP contribution in [0.2, 0.25) is 0 Å². The number of nitrogens with one attached hydrogen (secondary N) is 1. The predicted octanol–water partition coefficient (Wildman–Crippen LogP) is 1.13. The molecule has 1 heterocycles. The SMILES string of the molecule is O=C1NC(=O)N(Cc2ccccc2)C(=O)C1c1ccccc1.[CaH2]. The normalized spacial score (nSPS) is 17.5. The second-order valence-electron chi connectivity index (χ2n) is 5.05. The van der Waals surface area contributed by atoms with Crippen LogP contribution in [-0.2, 0) is 16.1 Å². The van der Waals surface area contributed by atoms with Crippen molar-refractivity contribution in [2.45, 2.75) is 12.5 Å². The second kappa shape index (κ2) is 7.72. The third kappa shape index (κ3) is 3.80. The van der Waals surface area contributed by atoms with Gasteiger partial charge >= 0.3 is 43.8 Å². The molecule has 2 aromatic rings. The molecule has 1 fully saturated rings. The van der Waals surface area contributed by atoms with Crippen LogP contribution in [0.25, 0.3) is 0 Å². The Hall–Kier alpha value is -1.69. The van der Waals surface area contributed by atoms with Crippen LogP contribution < -0.4 is 5.32 Å². The number of nitrogens with zero attached hydrogens (tertiary/aromatic N) is 1. The summed E-state index contributed by atoms with van der Waals surface area (Å²) in [6, 6.07) is 17.2. The first-order valence-electron chi connectivity index (χ1n) is 6.92. The van der Waals surface area contributed by atoms with Crippen LogP contribution in [0, 0.1) is 0 Å². The molecular formula is C17H16CaN2O3. The van der Waals surface area contributed by atoms with Gasteiger partial charge in [-0.1, -0.05) is 60.7 Å². The molecular weight excluding hydrogens is 320 g/mol. The molecule has 5 nitrogen and oxygen atoms in total. The number of hydrogen-bond donors (Lipinski definition) is 1. The number of hydrogen-bond acceptors (Lipinski definition) is 3. The molecule has 0 radical (unpaired) electrons. The monoisotopic (exact) mass is 336 g/mol. The van der Waals surface area contributed by atoms with Crippen molar-refractivity contribution in [1.82, 2.24) is 10.2 Å². The fraction of sp³-hybridized carbons (Fsp3) is 0.118. The van der Waals surface area contributed by atoms with Crippen LogP contribution >= 0.6 is 0 Å². The Morgan fingerprint density at radius 2 is 1.43 bits per heavy atom. The summed E-state index contributed by atoms with van der Waals surface area (Å²) in [5, 5.41) is 2.26. The summed E-state index contributed by atoms with van der Waals surface area (Å²) in [5.74, 6) is -2.06. The Balaban J connectivity index is 0.00000192. The average molecular weight is 336 g/mol. The van der Waals surface area contributed by atoms with Gasteiger partial charge in [-0.3, -0.25) is 19.8 Å². The van der Waals surface area contributed by atoms with Gasteiger partial charge in [-0.2, -0.15) is 0 Å². The molecule has 1 aliphatic rings. The minimum atomic E-state index is -0.984. The fourth-order valence-electron chi connectivity index (χ4n) is 2.47. The van der Waals surface area contributed by atoms with Crippen molar-refractivity contribution in [3.63, 3.8) is 0 Å². The van der Waals surface area contributed by atoms with Gasteiger partial charge in [0.15, 0.2) is 0 Å². The third-order valence-electron chi connectivity index (χ3n) is 3.57. The number of barbiturate groups is 1. The summed E-state index contributed by atoms with van der Waals surface area (Å²) < 4.78 is 0. The van der Waals surface area contributed by atoms with Gasteiger partial charge in [0.2, 0.25) is 11.8 Å². The zero-order chi connectivity index (χ0) is 15.5. The average Bonchev–Trinajstić information content (AvgIpc) is 2.53. The van der Waals surface area contributed by atoms with Crippen molar-refractivity contribution in [2.75, 3.05) is 0 Å². The van der Waals surface area contributed by atoms with E-state index in [0.717, 1.165) is 10.5 Å². The summed E-state index contributed by atoms with van der Waals surface area (Å²) in [6.07, 6.45) is 0. The molecule has 0 aliphatic carbocycles. The second-order valence-corrected chi connectivity index (χ2v) is 5.05. The number of carbonyl (C=O) groups excluding carboxylic acids is 3. The Labute approximate surface area is 163 Å². The molecule has 0 bridgehead atoms. The zero-order valence-corrected chi connectivity index (χ0v) is 11.7. The van der Waals surface area contributed by atoms with Crippen molar-refractivity contribution in [2.24, 2.45) is 0 Å². The van der Waals surface area contributed by atoms with Crippen LogP contribution in [0.5, 0.6) is 0 Å². The molecule has 0 saturated carbocycles. The van der Waals surface area contributed by atoms with Gasteiger partial charge in [0.05, 0.1) is 6.54 Å². The molecule has 2 aromatic carbocycles. The maximum atomic E-state index is 12.6. The van der Waals surface area contributed by atoms with Crippen molar-refractivity contribution < 1.29 is 14.4 Å². The standard InChI is InChI=1S/C17H14N2O3.Ca.2H/c20-15-14(13-9-5-2-6-10-13)16(21)19(17(22)18-15)11-12-7-3-1-4-8-12;;;/h1-10,14H,11H2,(H,18,20,22);;;. The van der Waals surface area contributed by atoms with E-state index in [9.17, 15) is 14.4 Å². The van der Waals surface area contributed by atoms with Gasteiger partial charge in [-0.15, -0.1) is 0 Å². The summed E-state index contributed by atoms with van der Waals surface area (Å²) in [7, 11) is 0. The number of benzene rings is 2. The molecule has 23 heavy (non-hydrogen) atoms. The van der Waals surface area contributed by atoms with Gasteiger partial charge in [-0.25, -0.2) is 4.79 Å². The van der Waals surface area contributed by atoms with E-state index in [-0.39, 0.29) is 44.3 Å². The van der Waals surface area contributed by atoms with Crippen LogP contribution in [-0.4, -0.2) is 60.5 Å². The number of urea groups is 1. The van der Waals surface area contributed by atoms with Crippen molar-refractivity contribution in [1.29, 1.82) is 0 Å². The van der Waals surface area contributed by atoms with E-state index in [1.807, 2.05) is 36.4 Å². The molecule has 1 aliphatic heterocycles. The quantitative estimate of drug-likeness (QED) is 0.675. The first-order chi connectivity index (χ1) is 10.7. The molecule has 0 aromatic heterocycles. The molecule has 6 heteroatoms. The number of amides is 4.